The Balaban J connectivity index is 2.26. The molecule has 84 valence electrons. The van der Waals surface area contributed by atoms with Gasteiger partial charge in [0.05, 0.1) is 5.69 Å². The molecule has 0 aliphatic heterocycles. The molecular formula is C13H22N2. The smallest absolute Gasteiger partial charge is 0.0544 e. The summed E-state index contributed by atoms with van der Waals surface area (Å²) in [4.78, 5) is 4.44. The first-order valence-corrected chi connectivity index (χ1v) is 5.61. The molecule has 1 heterocycles. The summed E-state index contributed by atoms with van der Waals surface area (Å²) in [7, 11) is 0. The van der Waals surface area contributed by atoms with Crippen LogP contribution in [0.3, 0.4) is 0 Å². The lowest BCUT2D eigenvalue weighted by Crippen LogP contribution is -2.20. The van der Waals surface area contributed by atoms with Gasteiger partial charge in [-0.15, -0.1) is 0 Å². The molecule has 0 atom stereocenters. The number of nitrogens with zero attached hydrogens (tertiary/aromatic N) is 1. The first kappa shape index (κ1) is 12.2. The quantitative estimate of drug-likeness (QED) is 0.766. The van der Waals surface area contributed by atoms with Gasteiger partial charge in [0, 0.05) is 12.2 Å². The van der Waals surface area contributed by atoms with Crippen LogP contribution >= 0.6 is 0 Å². The lowest BCUT2D eigenvalue weighted by molar-refractivity contribution is 0.366. The molecule has 0 aromatic carbocycles. The van der Waals surface area contributed by atoms with E-state index in [1.165, 1.54) is 6.42 Å². The third kappa shape index (κ3) is 5.53. The third-order valence-electron chi connectivity index (χ3n) is 2.30. The van der Waals surface area contributed by atoms with E-state index >= 15 is 0 Å². The Labute approximate surface area is 93.1 Å². The molecular weight excluding hydrogens is 184 g/mol. The standard InChI is InChI=1S/C13H22N2/c1-11-6-5-7-12(15-11)10-14-9-8-13(2,3)4/h5-7,14H,8-10H2,1-4H3. The van der Waals surface area contributed by atoms with Crippen LogP contribution in [0, 0.1) is 12.3 Å². The lowest BCUT2D eigenvalue weighted by atomic mass is 9.92. The van der Waals surface area contributed by atoms with Gasteiger partial charge in [0.25, 0.3) is 0 Å². The molecule has 0 saturated carbocycles. The minimum absolute atomic E-state index is 0.410. The maximum absolute atomic E-state index is 4.44. The Morgan fingerprint density at radius 3 is 2.60 bits per heavy atom. The van der Waals surface area contributed by atoms with Crippen molar-refractivity contribution in [3.8, 4) is 0 Å². The molecule has 0 amide bonds. The van der Waals surface area contributed by atoms with Crippen molar-refractivity contribution in [2.75, 3.05) is 6.54 Å². The van der Waals surface area contributed by atoms with E-state index < -0.39 is 0 Å². The Morgan fingerprint density at radius 1 is 1.27 bits per heavy atom. The maximum atomic E-state index is 4.44. The zero-order valence-corrected chi connectivity index (χ0v) is 10.3. The van der Waals surface area contributed by atoms with Crippen molar-refractivity contribution in [3.05, 3.63) is 29.6 Å². The summed E-state index contributed by atoms with van der Waals surface area (Å²) in [6, 6.07) is 6.15. The van der Waals surface area contributed by atoms with Gasteiger partial charge in [-0.3, -0.25) is 4.98 Å². The average Bonchev–Trinajstić information content (AvgIpc) is 2.11. The molecule has 0 saturated heterocycles. The van der Waals surface area contributed by atoms with Gasteiger partial charge in [0.1, 0.15) is 0 Å². The Morgan fingerprint density at radius 2 is 2.00 bits per heavy atom. The highest BCUT2D eigenvalue weighted by atomic mass is 14.9. The van der Waals surface area contributed by atoms with Gasteiger partial charge in [-0.25, -0.2) is 0 Å². The second-order valence-corrected chi connectivity index (χ2v) is 5.26. The molecule has 2 heteroatoms. The summed E-state index contributed by atoms with van der Waals surface area (Å²) >= 11 is 0. The van der Waals surface area contributed by atoms with E-state index in [-0.39, 0.29) is 0 Å². The summed E-state index contributed by atoms with van der Waals surface area (Å²) in [5, 5.41) is 3.42. The zero-order valence-electron chi connectivity index (χ0n) is 10.3. The van der Waals surface area contributed by atoms with E-state index in [0.717, 1.165) is 24.5 Å². The second-order valence-electron chi connectivity index (χ2n) is 5.26. The molecule has 0 aliphatic carbocycles. The minimum Gasteiger partial charge on any atom is -0.311 e. The molecule has 0 aliphatic rings. The molecule has 15 heavy (non-hydrogen) atoms. The van der Waals surface area contributed by atoms with Crippen molar-refractivity contribution < 1.29 is 0 Å². The third-order valence-corrected chi connectivity index (χ3v) is 2.30. The van der Waals surface area contributed by atoms with Gasteiger partial charge < -0.3 is 5.32 Å². The fourth-order valence-corrected chi connectivity index (χ4v) is 1.38. The van der Waals surface area contributed by atoms with E-state index in [9.17, 15) is 0 Å². The molecule has 0 unspecified atom stereocenters. The predicted molar refractivity (Wildman–Crippen MR) is 64.8 cm³/mol. The molecule has 1 aromatic heterocycles. The van der Waals surface area contributed by atoms with E-state index in [1.807, 2.05) is 13.0 Å². The average molecular weight is 206 g/mol. The Kier molecular flexibility index (Phi) is 4.28. The first-order valence-electron chi connectivity index (χ1n) is 5.61. The summed E-state index contributed by atoms with van der Waals surface area (Å²) in [6.45, 7) is 10.7. The van der Waals surface area contributed by atoms with Crippen molar-refractivity contribution in [1.82, 2.24) is 10.3 Å². The van der Waals surface area contributed by atoms with Crippen LogP contribution < -0.4 is 5.32 Å². The van der Waals surface area contributed by atoms with Crippen molar-refractivity contribution in [2.45, 2.75) is 40.7 Å². The largest absolute Gasteiger partial charge is 0.311 e. The molecule has 1 N–H and O–H groups in total. The van der Waals surface area contributed by atoms with Crippen LogP contribution in [0.2, 0.25) is 0 Å². The summed E-state index contributed by atoms with van der Waals surface area (Å²) in [5.41, 5.74) is 2.63. The molecule has 0 fully saturated rings. The van der Waals surface area contributed by atoms with Gasteiger partial charge in [-0.1, -0.05) is 26.8 Å². The SMILES string of the molecule is Cc1cccc(CNCCC(C)(C)C)n1. The highest BCUT2D eigenvalue weighted by molar-refractivity contribution is 5.09. The monoisotopic (exact) mass is 206 g/mol. The van der Waals surface area contributed by atoms with Gasteiger partial charge in [-0.05, 0) is 37.4 Å². The maximum Gasteiger partial charge on any atom is 0.0544 e. The fraction of sp³-hybridized carbons (Fsp3) is 0.615. The van der Waals surface area contributed by atoms with Gasteiger partial charge >= 0.3 is 0 Å². The zero-order chi connectivity index (χ0) is 11.3. The van der Waals surface area contributed by atoms with Crippen LogP contribution in [0.1, 0.15) is 38.6 Å². The number of hydrogen-bond donors (Lipinski definition) is 1. The Hall–Kier alpha value is -0.890. The van der Waals surface area contributed by atoms with Crippen LogP contribution in [-0.4, -0.2) is 11.5 Å². The van der Waals surface area contributed by atoms with Crippen molar-refractivity contribution in [2.24, 2.45) is 5.41 Å². The Bertz CT molecular complexity index is 300. The van der Waals surface area contributed by atoms with E-state index in [0.29, 0.717) is 5.41 Å². The highest BCUT2D eigenvalue weighted by Crippen LogP contribution is 2.16. The molecule has 1 aromatic rings. The summed E-state index contributed by atoms with van der Waals surface area (Å²) in [5.74, 6) is 0. The van der Waals surface area contributed by atoms with Gasteiger partial charge in [0.2, 0.25) is 0 Å². The van der Waals surface area contributed by atoms with E-state index in [1.54, 1.807) is 0 Å². The number of aromatic nitrogens is 1. The van der Waals surface area contributed by atoms with Gasteiger partial charge in [0.15, 0.2) is 0 Å². The van der Waals surface area contributed by atoms with Crippen LogP contribution in [0.4, 0.5) is 0 Å². The number of hydrogen-bond acceptors (Lipinski definition) is 2. The summed E-state index contributed by atoms with van der Waals surface area (Å²) < 4.78 is 0. The molecule has 0 radical (unpaired) electrons. The molecule has 1 rings (SSSR count). The topological polar surface area (TPSA) is 24.9 Å². The minimum atomic E-state index is 0.410. The normalized spacial score (nSPS) is 11.7. The second kappa shape index (κ2) is 5.26. The van der Waals surface area contributed by atoms with Crippen molar-refractivity contribution in [3.63, 3.8) is 0 Å². The molecule has 2 nitrogen and oxygen atoms in total. The number of rotatable bonds is 4. The first-order chi connectivity index (χ1) is 6.97. The van der Waals surface area contributed by atoms with E-state index in [2.05, 4.69) is 43.2 Å². The van der Waals surface area contributed by atoms with Crippen LogP contribution in [0.5, 0.6) is 0 Å². The van der Waals surface area contributed by atoms with Crippen LogP contribution in [-0.2, 0) is 6.54 Å². The lowest BCUT2D eigenvalue weighted by Gasteiger charge is -2.17. The van der Waals surface area contributed by atoms with Crippen molar-refractivity contribution in [1.29, 1.82) is 0 Å². The fourth-order valence-electron chi connectivity index (χ4n) is 1.38. The van der Waals surface area contributed by atoms with Gasteiger partial charge in [-0.2, -0.15) is 0 Å². The molecule has 0 bridgehead atoms. The molecule has 0 spiro atoms. The van der Waals surface area contributed by atoms with Crippen molar-refractivity contribution >= 4 is 0 Å². The van der Waals surface area contributed by atoms with E-state index in [4.69, 9.17) is 0 Å². The number of nitrogens with one attached hydrogen (secondary N) is 1. The van der Waals surface area contributed by atoms with Crippen LogP contribution in [0.15, 0.2) is 18.2 Å². The number of aryl methyl sites for hydroxylation is 1. The summed E-state index contributed by atoms with van der Waals surface area (Å²) in [6.07, 6.45) is 1.19. The number of pyridine rings is 1. The van der Waals surface area contributed by atoms with Crippen LogP contribution in [0.25, 0.3) is 0 Å². The highest BCUT2D eigenvalue weighted by Gasteiger charge is 2.08. The predicted octanol–water partition coefficient (Wildman–Crippen LogP) is 2.92.